The fourth-order valence-corrected chi connectivity index (χ4v) is 3.62. The van der Waals surface area contributed by atoms with Crippen molar-refractivity contribution in [2.24, 2.45) is 5.73 Å². The van der Waals surface area contributed by atoms with Crippen LogP contribution in [0.5, 0.6) is 11.5 Å². The Labute approximate surface area is 185 Å². The maximum absolute atomic E-state index is 13.5. The Morgan fingerprint density at radius 3 is 2.66 bits per heavy atom. The predicted molar refractivity (Wildman–Crippen MR) is 119 cm³/mol. The van der Waals surface area contributed by atoms with Gasteiger partial charge < -0.3 is 30.0 Å². The van der Waals surface area contributed by atoms with E-state index in [1.165, 1.54) is 12.1 Å². The van der Waals surface area contributed by atoms with Crippen LogP contribution in [0.15, 0.2) is 36.4 Å². The van der Waals surface area contributed by atoms with E-state index in [1.807, 2.05) is 12.1 Å². The van der Waals surface area contributed by atoms with E-state index >= 15 is 0 Å². The smallest absolute Gasteiger partial charge is 0.161 e. The van der Waals surface area contributed by atoms with E-state index in [-0.39, 0.29) is 5.82 Å². The first-order valence-corrected chi connectivity index (χ1v) is 10.5. The Bertz CT molecular complexity index is 1060. The molecule has 0 fully saturated rings. The van der Waals surface area contributed by atoms with Gasteiger partial charge in [0.1, 0.15) is 18.2 Å². The van der Waals surface area contributed by atoms with Crippen molar-refractivity contribution in [2.75, 3.05) is 52.0 Å². The molecule has 8 nitrogen and oxygen atoms in total. The number of halogens is 1. The van der Waals surface area contributed by atoms with Gasteiger partial charge in [-0.1, -0.05) is 6.07 Å². The molecule has 4 rings (SSSR count). The molecule has 0 aliphatic heterocycles. The van der Waals surface area contributed by atoms with E-state index in [0.29, 0.717) is 63.2 Å². The largest absolute Gasteiger partial charge is 0.493 e. The molecule has 0 radical (unpaired) electrons. The third kappa shape index (κ3) is 5.01. The number of fused-ring (bicyclic) bond motifs is 3. The quantitative estimate of drug-likeness (QED) is 0.289. The number of nitrogens with zero attached hydrogens (tertiary/aromatic N) is 1. The lowest BCUT2D eigenvalue weighted by molar-refractivity contribution is 0.0385. The Balaban J connectivity index is 1.40. The van der Waals surface area contributed by atoms with Gasteiger partial charge in [0.2, 0.25) is 0 Å². The van der Waals surface area contributed by atoms with Crippen molar-refractivity contribution >= 4 is 11.5 Å². The molecule has 9 heteroatoms. The lowest BCUT2D eigenvalue weighted by Gasteiger charge is -2.13. The Kier molecular flexibility index (Phi) is 7.21. The molecular weight excluding hydrogens is 415 g/mol. The molecule has 1 heterocycles. The van der Waals surface area contributed by atoms with Crippen molar-refractivity contribution in [1.29, 1.82) is 0 Å². The summed E-state index contributed by atoms with van der Waals surface area (Å²) < 4.78 is 35.7. The van der Waals surface area contributed by atoms with Crippen molar-refractivity contribution in [2.45, 2.75) is 6.42 Å². The van der Waals surface area contributed by atoms with Crippen molar-refractivity contribution in [3.8, 4) is 22.8 Å². The first kappa shape index (κ1) is 22.1. The van der Waals surface area contributed by atoms with E-state index < -0.39 is 0 Å². The molecule has 3 aromatic rings. The van der Waals surface area contributed by atoms with E-state index in [9.17, 15) is 4.39 Å². The lowest BCUT2D eigenvalue weighted by atomic mass is 10.1. The van der Waals surface area contributed by atoms with E-state index in [1.54, 1.807) is 19.2 Å². The van der Waals surface area contributed by atoms with Gasteiger partial charge in [-0.15, -0.1) is 0 Å². The number of hydrogen-bond donors (Lipinski definition) is 3. The number of methoxy groups -OCH3 is 1. The number of anilines is 2. The van der Waals surface area contributed by atoms with Crippen molar-refractivity contribution in [1.82, 2.24) is 10.2 Å². The molecule has 170 valence electrons. The maximum atomic E-state index is 13.5. The van der Waals surface area contributed by atoms with Gasteiger partial charge in [-0.3, -0.25) is 5.10 Å². The molecule has 4 N–H and O–H groups in total. The first-order chi connectivity index (χ1) is 15.7. The molecule has 0 atom stereocenters. The highest BCUT2D eigenvalue weighted by molar-refractivity contribution is 5.81. The minimum absolute atomic E-state index is 0.298. The summed E-state index contributed by atoms with van der Waals surface area (Å²) in [6, 6.07) is 10.2. The van der Waals surface area contributed by atoms with Gasteiger partial charge in [0.25, 0.3) is 0 Å². The maximum Gasteiger partial charge on any atom is 0.161 e. The highest BCUT2D eigenvalue weighted by Gasteiger charge is 2.27. The highest BCUT2D eigenvalue weighted by Crippen LogP contribution is 2.44. The zero-order chi connectivity index (χ0) is 22.3. The number of aromatic nitrogens is 2. The van der Waals surface area contributed by atoms with Gasteiger partial charge in [-0.05, 0) is 35.9 Å². The number of ether oxygens (including phenoxy) is 4. The number of aromatic amines is 1. The molecule has 0 saturated heterocycles. The van der Waals surface area contributed by atoms with Crippen molar-refractivity contribution < 1.29 is 23.3 Å². The van der Waals surface area contributed by atoms with Gasteiger partial charge in [0.05, 0.1) is 39.2 Å². The van der Waals surface area contributed by atoms with Crippen LogP contribution in [0, 0.1) is 5.82 Å². The summed E-state index contributed by atoms with van der Waals surface area (Å²) in [6.07, 6.45) is 0.675. The molecule has 1 aliphatic carbocycles. The second kappa shape index (κ2) is 10.4. The number of H-pyrrole nitrogens is 1. The Morgan fingerprint density at radius 2 is 1.88 bits per heavy atom. The molecule has 0 bridgehead atoms. The minimum Gasteiger partial charge on any atom is -0.493 e. The van der Waals surface area contributed by atoms with Crippen LogP contribution in [0.2, 0.25) is 0 Å². The number of nitrogens with two attached hydrogens (primary N) is 1. The third-order valence-electron chi connectivity index (χ3n) is 5.09. The molecule has 32 heavy (non-hydrogen) atoms. The Hall–Kier alpha value is -3.14. The molecule has 0 unspecified atom stereocenters. The summed E-state index contributed by atoms with van der Waals surface area (Å²) >= 11 is 0. The topological polar surface area (TPSA) is 104 Å². The molecule has 2 aromatic carbocycles. The molecule has 1 aromatic heterocycles. The average molecular weight is 442 g/mol. The van der Waals surface area contributed by atoms with Crippen LogP contribution in [0.4, 0.5) is 15.9 Å². The summed E-state index contributed by atoms with van der Waals surface area (Å²) in [4.78, 5) is 0. The molecule has 0 saturated carbocycles. The fraction of sp³-hybridized carbons (Fsp3) is 0.348. The van der Waals surface area contributed by atoms with Crippen LogP contribution < -0.4 is 20.5 Å². The third-order valence-corrected chi connectivity index (χ3v) is 5.09. The van der Waals surface area contributed by atoms with Gasteiger partial charge in [0, 0.05) is 29.8 Å². The van der Waals surface area contributed by atoms with E-state index in [4.69, 9.17) is 24.7 Å². The number of nitrogens with one attached hydrogen (secondary N) is 2. The molecule has 0 spiro atoms. The summed E-state index contributed by atoms with van der Waals surface area (Å²) in [5, 5.41) is 10.7. The fourth-order valence-electron chi connectivity index (χ4n) is 3.62. The standard InChI is InChI=1S/C23H27FN4O4/c1-29-20-14-18-15(12-21(20)32-10-9-31-8-7-30-6-5-25)11-19-22(18)27-28-23(19)26-17-4-2-3-16(24)13-17/h2-4,12-14H,5-11,25H2,1H3,(H2,26,27,28). The first-order valence-electron chi connectivity index (χ1n) is 10.5. The normalized spacial score (nSPS) is 11.8. The lowest BCUT2D eigenvalue weighted by Crippen LogP contribution is -2.14. The van der Waals surface area contributed by atoms with Crippen LogP contribution in [-0.2, 0) is 15.9 Å². The highest BCUT2D eigenvalue weighted by atomic mass is 19.1. The van der Waals surface area contributed by atoms with Gasteiger partial charge in [-0.2, -0.15) is 5.10 Å². The van der Waals surface area contributed by atoms with Gasteiger partial charge >= 0.3 is 0 Å². The van der Waals surface area contributed by atoms with Crippen LogP contribution in [0.1, 0.15) is 11.1 Å². The summed E-state index contributed by atoms with van der Waals surface area (Å²) in [7, 11) is 1.61. The van der Waals surface area contributed by atoms with Crippen LogP contribution in [-0.4, -0.2) is 56.9 Å². The zero-order valence-electron chi connectivity index (χ0n) is 17.9. The van der Waals surface area contributed by atoms with Crippen molar-refractivity contribution in [3.05, 3.63) is 53.3 Å². The van der Waals surface area contributed by atoms with E-state index in [0.717, 1.165) is 28.2 Å². The van der Waals surface area contributed by atoms with Crippen LogP contribution in [0.3, 0.4) is 0 Å². The Morgan fingerprint density at radius 1 is 1.06 bits per heavy atom. The monoisotopic (exact) mass is 442 g/mol. The SMILES string of the molecule is COc1cc2c(cc1OCCOCCOCCN)Cc1c-2n[nH]c1Nc1cccc(F)c1. The number of rotatable bonds is 12. The summed E-state index contributed by atoms with van der Waals surface area (Å²) in [6.45, 7) is 2.87. The summed E-state index contributed by atoms with van der Waals surface area (Å²) in [5.41, 5.74) is 9.97. The molecule has 1 aliphatic rings. The second-order valence-electron chi connectivity index (χ2n) is 7.26. The van der Waals surface area contributed by atoms with Gasteiger partial charge in [-0.25, -0.2) is 4.39 Å². The average Bonchev–Trinajstić information content (AvgIpc) is 3.34. The number of benzene rings is 2. The van der Waals surface area contributed by atoms with Crippen molar-refractivity contribution in [3.63, 3.8) is 0 Å². The van der Waals surface area contributed by atoms with Gasteiger partial charge in [0.15, 0.2) is 11.5 Å². The number of hydrogen-bond acceptors (Lipinski definition) is 7. The van der Waals surface area contributed by atoms with Crippen LogP contribution >= 0.6 is 0 Å². The van der Waals surface area contributed by atoms with E-state index in [2.05, 4.69) is 15.5 Å². The summed E-state index contributed by atoms with van der Waals surface area (Å²) in [5.74, 6) is 1.73. The second-order valence-corrected chi connectivity index (χ2v) is 7.26. The minimum atomic E-state index is -0.298. The zero-order valence-corrected chi connectivity index (χ0v) is 17.9. The predicted octanol–water partition coefficient (Wildman–Crippen LogP) is 3.24. The molecule has 0 amide bonds. The van der Waals surface area contributed by atoms with Crippen LogP contribution in [0.25, 0.3) is 11.3 Å². The molecular formula is C23H27FN4O4.